The molecule has 0 amide bonds. The van der Waals surface area contributed by atoms with Crippen LogP contribution >= 0.6 is 0 Å². The van der Waals surface area contributed by atoms with Crippen molar-refractivity contribution in [1.82, 2.24) is 4.57 Å². The fourth-order valence-electron chi connectivity index (χ4n) is 2.85. The first-order chi connectivity index (χ1) is 13.5. The Balaban J connectivity index is 1.60. The fraction of sp³-hybridized carbons (Fsp3) is 0.238. The molecule has 0 saturated carbocycles. The summed E-state index contributed by atoms with van der Waals surface area (Å²) in [5.41, 5.74) is 1.23. The second-order valence-corrected chi connectivity index (χ2v) is 6.13. The van der Waals surface area contributed by atoms with Crippen molar-refractivity contribution >= 4 is 16.9 Å². The van der Waals surface area contributed by atoms with Crippen LogP contribution in [0.25, 0.3) is 10.9 Å². The van der Waals surface area contributed by atoms with E-state index in [0.29, 0.717) is 29.4 Å². The Morgan fingerprint density at radius 2 is 1.89 bits per heavy atom. The molecule has 1 unspecified atom stereocenters. The molecule has 2 aromatic carbocycles. The molecule has 0 spiro atoms. The molecule has 28 heavy (non-hydrogen) atoms. The number of aliphatic carboxylic acids is 1. The highest BCUT2D eigenvalue weighted by Gasteiger charge is 2.15. The van der Waals surface area contributed by atoms with E-state index >= 15 is 0 Å². The van der Waals surface area contributed by atoms with Crippen LogP contribution in [-0.4, -0.2) is 36.0 Å². The number of aromatic nitrogens is 1. The number of hydrogen-bond acceptors (Lipinski definition) is 5. The Bertz CT molecular complexity index is 1030. The van der Waals surface area contributed by atoms with Crippen LogP contribution in [0.2, 0.25) is 0 Å². The van der Waals surface area contributed by atoms with Gasteiger partial charge in [0.1, 0.15) is 42.6 Å². The van der Waals surface area contributed by atoms with Gasteiger partial charge in [-0.2, -0.15) is 5.26 Å². The monoisotopic (exact) mass is 380 g/mol. The van der Waals surface area contributed by atoms with Crippen LogP contribution < -0.4 is 14.2 Å². The van der Waals surface area contributed by atoms with E-state index in [1.165, 1.54) is 7.11 Å². The first kappa shape index (κ1) is 19.1. The van der Waals surface area contributed by atoms with Gasteiger partial charge in [0.05, 0.1) is 12.7 Å². The van der Waals surface area contributed by atoms with Crippen molar-refractivity contribution in [2.75, 3.05) is 20.3 Å². The Kier molecular flexibility index (Phi) is 5.70. The van der Waals surface area contributed by atoms with E-state index in [1.54, 1.807) is 42.0 Å². The van der Waals surface area contributed by atoms with Crippen LogP contribution in [0.3, 0.4) is 0 Å². The number of nitrogens with zero attached hydrogens (tertiary/aromatic N) is 2. The van der Waals surface area contributed by atoms with E-state index in [4.69, 9.17) is 14.2 Å². The van der Waals surface area contributed by atoms with Crippen LogP contribution in [0, 0.1) is 11.3 Å². The third-order valence-corrected chi connectivity index (χ3v) is 4.38. The lowest BCUT2D eigenvalue weighted by atomic mass is 10.2. The topological polar surface area (TPSA) is 93.7 Å². The summed E-state index contributed by atoms with van der Waals surface area (Å²) in [4.78, 5) is 11.2. The first-order valence-corrected chi connectivity index (χ1v) is 8.70. The van der Waals surface area contributed by atoms with Crippen LogP contribution in [0.1, 0.15) is 18.5 Å². The number of benzene rings is 2. The Morgan fingerprint density at radius 1 is 1.14 bits per heavy atom. The molecule has 0 saturated heterocycles. The molecule has 144 valence electrons. The van der Waals surface area contributed by atoms with Gasteiger partial charge in [0.25, 0.3) is 0 Å². The van der Waals surface area contributed by atoms with Gasteiger partial charge in [0.15, 0.2) is 0 Å². The van der Waals surface area contributed by atoms with Crippen molar-refractivity contribution in [3.63, 3.8) is 0 Å². The van der Waals surface area contributed by atoms with Gasteiger partial charge in [0, 0.05) is 23.2 Å². The van der Waals surface area contributed by atoms with Gasteiger partial charge in [-0.3, -0.25) is 0 Å². The summed E-state index contributed by atoms with van der Waals surface area (Å²) in [6, 6.07) is 13.8. The molecule has 0 radical (unpaired) electrons. The van der Waals surface area contributed by atoms with Gasteiger partial charge in [-0.1, -0.05) is 0 Å². The maximum absolute atomic E-state index is 11.2. The van der Waals surface area contributed by atoms with Crippen molar-refractivity contribution in [2.45, 2.75) is 13.0 Å². The van der Waals surface area contributed by atoms with Gasteiger partial charge in [-0.05, 0) is 43.3 Å². The summed E-state index contributed by atoms with van der Waals surface area (Å²) in [5.74, 6) is 0.844. The van der Waals surface area contributed by atoms with Crippen molar-refractivity contribution in [3.05, 3.63) is 54.2 Å². The minimum Gasteiger partial charge on any atom is -0.497 e. The molecule has 0 aliphatic rings. The largest absolute Gasteiger partial charge is 0.497 e. The zero-order valence-corrected chi connectivity index (χ0v) is 15.6. The maximum atomic E-state index is 11.2. The van der Waals surface area contributed by atoms with Crippen LogP contribution in [0.4, 0.5) is 0 Å². The predicted octanol–water partition coefficient (Wildman–Crippen LogP) is 3.62. The van der Waals surface area contributed by atoms with E-state index in [-0.39, 0.29) is 6.61 Å². The van der Waals surface area contributed by atoms with E-state index in [1.807, 2.05) is 18.2 Å². The minimum atomic E-state index is -0.884. The number of carboxylic acid groups (broad SMARTS) is 1. The molecule has 0 aliphatic heterocycles. The number of hydrogen-bond donors (Lipinski definition) is 1. The summed E-state index contributed by atoms with van der Waals surface area (Å²) in [5, 5.41) is 19.3. The molecule has 0 aliphatic carbocycles. The molecule has 1 aromatic heterocycles. The molecule has 3 rings (SSSR count). The number of nitriles is 1. The lowest BCUT2D eigenvalue weighted by Gasteiger charge is -2.12. The summed E-state index contributed by atoms with van der Waals surface area (Å²) < 4.78 is 18.1. The van der Waals surface area contributed by atoms with Crippen LogP contribution in [-0.2, 0) is 4.79 Å². The molecule has 1 atom stereocenters. The quantitative estimate of drug-likeness (QED) is 0.600. The highest BCUT2D eigenvalue weighted by atomic mass is 16.5. The second-order valence-electron chi connectivity index (χ2n) is 6.13. The Hall–Kier alpha value is -3.66. The highest BCUT2D eigenvalue weighted by molar-refractivity contribution is 5.84. The lowest BCUT2D eigenvalue weighted by Crippen LogP contribution is -2.14. The number of carbonyl (C=O) groups is 1. The van der Waals surface area contributed by atoms with Gasteiger partial charge in [-0.15, -0.1) is 0 Å². The molecule has 0 bridgehead atoms. The average Bonchev–Trinajstić information content (AvgIpc) is 3.13. The molecular formula is C21H20N2O5. The fourth-order valence-corrected chi connectivity index (χ4v) is 2.85. The molecule has 3 aromatic rings. The van der Waals surface area contributed by atoms with Crippen LogP contribution in [0.5, 0.6) is 17.2 Å². The molecule has 1 heterocycles. The van der Waals surface area contributed by atoms with Gasteiger partial charge >= 0.3 is 5.97 Å². The Morgan fingerprint density at radius 3 is 2.61 bits per heavy atom. The number of methoxy groups -OCH3 is 1. The number of fused-ring (bicyclic) bond motifs is 1. The maximum Gasteiger partial charge on any atom is 0.326 e. The van der Waals surface area contributed by atoms with E-state index in [0.717, 1.165) is 10.9 Å². The van der Waals surface area contributed by atoms with E-state index in [2.05, 4.69) is 6.07 Å². The lowest BCUT2D eigenvalue weighted by molar-refractivity contribution is -0.140. The molecule has 1 N–H and O–H groups in total. The number of rotatable bonds is 8. The average molecular weight is 380 g/mol. The second kappa shape index (κ2) is 8.35. The molecular weight excluding hydrogens is 360 g/mol. The van der Waals surface area contributed by atoms with E-state index in [9.17, 15) is 15.2 Å². The number of carboxylic acids is 1. The highest BCUT2D eigenvalue weighted by Crippen LogP contribution is 2.25. The number of ether oxygens (including phenoxy) is 3. The molecule has 7 nitrogen and oxygen atoms in total. The standard InChI is InChI=1S/C21H20N2O5/c1-14(21(24)25)23-8-7-15-11-18(3-5-19(15)23)27-9-10-28-20-6-4-17(26-2)12-16(20)13-22/h3-8,11-12,14H,9-10H2,1-2H3,(H,24,25). The summed E-state index contributed by atoms with van der Waals surface area (Å²) in [6.45, 7) is 2.21. The zero-order valence-electron chi connectivity index (χ0n) is 15.6. The normalized spacial score (nSPS) is 11.6. The van der Waals surface area contributed by atoms with Crippen molar-refractivity contribution in [3.8, 4) is 23.3 Å². The van der Waals surface area contributed by atoms with Crippen LogP contribution in [0.15, 0.2) is 48.7 Å². The Labute approximate surface area is 162 Å². The van der Waals surface area contributed by atoms with Crippen molar-refractivity contribution in [2.24, 2.45) is 0 Å². The summed E-state index contributed by atoms with van der Waals surface area (Å²) in [7, 11) is 1.54. The zero-order chi connectivity index (χ0) is 20.1. The summed E-state index contributed by atoms with van der Waals surface area (Å²) >= 11 is 0. The smallest absolute Gasteiger partial charge is 0.326 e. The molecule has 7 heteroatoms. The third kappa shape index (κ3) is 4.01. The van der Waals surface area contributed by atoms with Crippen molar-refractivity contribution < 1.29 is 24.1 Å². The van der Waals surface area contributed by atoms with Gasteiger partial charge < -0.3 is 23.9 Å². The SMILES string of the molecule is COc1ccc(OCCOc2ccc3c(ccn3C(C)C(=O)O)c2)c(C#N)c1. The first-order valence-electron chi connectivity index (χ1n) is 8.70. The van der Waals surface area contributed by atoms with Gasteiger partial charge in [-0.25, -0.2) is 4.79 Å². The van der Waals surface area contributed by atoms with Crippen molar-refractivity contribution in [1.29, 1.82) is 5.26 Å². The minimum absolute atomic E-state index is 0.274. The summed E-state index contributed by atoms with van der Waals surface area (Å²) in [6.07, 6.45) is 1.75. The van der Waals surface area contributed by atoms with Gasteiger partial charge in [0.2, 0.25) is 0 Å². The van der Waals surface area contributed by atoms with E-state index < -0.39 is 12.0 Å². The third-order valence-electron chi connectivity index (χ3n) is 4.38. The molecule has 0 fully saturated rings. The predicted molar refractivity (Wildman–Crippen MR) is 103 cm³/mol.